The lowest BCUT2D eigenvalue weighted by atomic mass is 10.1. The lowest BCUT2D eigenvalue weighted by Gasteiger charge is -2.19. The molecular weight excluding hydrogens is 384 g/mol. The monoisotopic (exact) mass is 410 g/mol. The number of rotatable bonds is 7. The number of methoxy groups -OCH3 is 1. The fraction of sp³-hybridized carbons (Fsp3) is 0.348. The SMILES string of the molecule is COc1cc2nn(CC(=O)OCc3ccccc3)cc2cc1CC(=O)OC(C)(C)C. The predicted octanol–water partition coefficient (Wildman–Crippen LogP) is 3.67. The van der Waals surface area contributed by atoms with Gasteiger partial charge in [-0.15, -0.1) is 0 Å². The summed E-state index contributed by atoms with van der Waals surface area (Å²) in [4.78, 5) is 24.4. The van der Waals surface area contributed by atoms with Crippen molar-refractivity contribution < 1.29 is 23.8 Å². The number of aromatic nitrogens is 2. The van der Waals surface area contributed by atoms with Crippen LogP contribution in [0.5, 0.6) is 5.75 Å². The molecule has 0 N–H and O–H groups in total. The summed E-state index contributed by atoms with van der Waals surface area (Å²) in [6.45, 7) is 5.68. The Kier molecular flexibility index (Phi) is 6.40. The molecule has 30 heavy (non-hydrogen) atoms. The molecule has 0 amide bonds. The van der Waals surface area contributed by atoms with Gasteiger partial charge in [-0.3, -0.25) is 14.3 Å². The van der Waals surface area contributed by atoms with Gasteiger partial charge in [-0.05, 0) is 32.4 Å². The predicted molar refractivity (Wildman–Crippen MR) is 112 cm³/mol. The second kappa shape index (κ2) is 8.98. The molecule has 3 rings (SSSR count). The second-order valence-corrected chi connectivity index (χ2v) is 7.96. The Bertz CT molecular complexity index is 1030. The van der Waals surface area contributed by atoms with E-state index in [9.17, 15) is 9.59 Å². The Hall–Kier alpha value is -3.35. The number of ether oxygens (including phenoxy) is 3. The normalized spacial score (nSPS) is 11.3. The van der Waals surface area contributed by atoms with Crippen molar-refractivity contribution in [1.29, 1.82) is 0 Å². The molecule has 0 saturated carbocycles. The highest BCUT2D eigenvalue weighted by Gasteiger charge is 2.19. The molecule has 0 bridgehead atoms. The smallest absolute Gasteiger partial charge is 0.328 e. The van der Waals surface area contributed by atoms with Gasteiger partial charge in [0.05, 0.1) is 19.0 Å². The Morgan fingerprint density at radius 3 is 2.47 bits per heavy atom. The van der Waals surface area contributed by atoms with Crippen LogP contribution in [0.3, 0.4) is 0 Å². The average molecular weight is 410 g/mol. The molecule has 0 aliphatic carbocycles. The first-order valence-electron chi connectivity index (χ1n) is 9.69. The highest BCUT2D eigenvalue weighted by atomic mass is 16.6. The molecule has 0 radical (unpaired) electrons. The Labute approximate surface area is 175 Å². The lowest BCUT2D eigenvalue weighted by Crippen LogP contribution is -2.25. The van der Waals surface area contributed by atoms with E-state index in [-0.39, 0.29) is 31.5 Å². The van der Waals surface area contributed by atoms with Crippen LogP contribution in [0.2, 0.25) is 0 Å². The number of benzene rings is 2. The Morgan fingerprint density at radius 2 is 1.80 bits per heavy atom. The highest BCUT2D eigenvalue weighted by molar-refractivity contribution is 5.84. The number of hydrogen-bond donors (Lipinski definition) is 0. The molecule has 158 valence electrons. The van der Waals surface area contributed by atoms with Crippen molar-refractivity contribution in [3.63, 3.8) is 0 Å². The van der Waals surface area contributed by atoms with Gasteiger partial charge in [0.2, 0.25) is 0 Å². The second-order valence-electron chi connectivity index (χ2n) is 7.96. The highest BCUT2D eigenvalue weighted by Crippen LogP contribution is 2.26. The summed E-state index contributed by atoms with van der Waals surface area (Å²) < 4.78 is 17.6. The van der Waals surface area contributed by atoms with E-state index in [4.69, 9.17) is 14.2 Å². The maximum atomic E-state index is 12.2. The first kappa shape index (κ1) is 21.4. The first-order valence-corrected chi connectivity index (χ1v) is 9.69. The van der Waals surface area contributed by atoms with E-state index in [2.05, 4.69) is 5.10 Å². The van der Waals surface area contributed by atoms with Gasteiger partial charge in [-0.25, -0.2) is 0 Å². The molecule has 0 saturated heterocycles. The van der Waals surface area contributed by atoms with Gasteiger partial charge < -0.3 is 14.2 Å². The standard InChI is InChI=1S/C23H26N2O5/c1-23(2,3)30-21(26)11-17-10-18-13-25(24-19(18)12-20(17)28-4)14-22(27)29-15-16-8-6-5-7-9-16/h5-10,12-13H,11,14-15H2,1-4H3. The van der Waals surface area contributed by atoms with Gasteiger partial charge >= 0.3 is 11.9 Å². The van der Waals surface area contributed by atoms with E-state index in [0.717, 1.165) is 10.9 Å². The average Bonchev–Trinajstić information content (AvgIpc) is 3.06. The molecule has 2 aromatic carbocycles. The van der Waals surface area contributed by atoms with Gasteiger partial charge in [0.1, 0.15) is 24.5 Å². The molecule has 1 aromatic heterocycles. The third-order valence-corrected chi connectivity index (χ3v) is 4.24. The van der Waals surface area contributed by atoms with Crippen LogP contribution < -0.4 is 4.74 Å². The van der Waals surface area contributed by atoms with Crippen molar-refractivity contribution in [2.45, 2.75) is 45.9 Å². The molecule has 7 heteroatoms. The molecule has 7 nitrogen and oxygen atoms in total. The zero-order valence-corrected chi connectivity index (χ0v) is 17.7. The number of carbonyl (C=O) groups excluding carboxylic acids is 2. The molecule has 1 heterocycles. The summed E-state index contributed by atoms with van der Waals surface area (Å²) in [5, 5.41) is 5.21. The van der Waals surface area contributed by atoms with Crippen LogP contribution in [0.1, 0.15) is 31.9 Å². The van der Waals surface area contributed by atoms with Gasteiger partial charge in [-0.2, -0.15) is 5.10 Å². The van der Waals surface area contributed by atoms with Crippen LogP contribution in [-0.2, 0) is 38.6 Å². The summed E-state index contributed by atoms with van der Waals surface area (Å²) in [5.74, 6) is -0.171. The maximum Gasteiger partial charge on any atom is 0.328 e. The van der Waals surface area contributed by atoms with E-state index >= 15 is 0 Å². The molecule has 0 atom stereocenters. The first-order chi connectivity index (χ1) is 14.2. The number of hydrogen-bond acceptors (Lipinski definition) is 6. The maximum absolute atomic E-state index is 12.2. The Morgan fingerprint density at radius 1 is 1.07 bits per heavy atom. The summed E-state index contributed by atoms with van der Waals surface area (Å²) in [7, 11) is 1.54. The minimum atomic E-state index is -0.556. The van der Waals surface area contributed by atoms with Gasteiger partial charge in [-0.1, -0.05) is 30.3 Å². The fourth-order valence-electron chi connectivity index (χ4n) is 3.01. The van der Waals surface area contributed by atoms with Gasteiger partial charge in [0, 0.05) is 23.2 Å². The van der Waals surface area contributed by atoms with Gasteiger partial charge in [0.25, 0.3) is 0 Å². The Balaban J connectivity index is 1.70. The van der Waals surface area contributed by atoms with Crippen molar-refractivity contribution in [2.24, 2.45) is 0 Å². The number of fused-ring (bicyclic) bond motifs is 1. The van der Waals surface area contributed by atoms with Crippen molar-refractivity contribution >= 4 is 22.8 Å². The molecule has 0 unspecified atom stereocenters. The van der Waals surface area contributed by atoms with E-state index in [1.54, 1.807) is 12.3 Å². The third kappa shape index (κ3) is 5.83. The fourth-order valence-corrected chi connectivity index (χ4v) is 3.01. The molecule has 0 aliphatic rings. The summed E-state index contributed by atoms with van der Waals surface area (Å²) in [5.41, 5.74) is 1.73. The number of nitrogens with zero attached hydrogens (tertiary/aromatic N) is 2. The van der Waals surface area contributed by atoms with Crippen LogP contribution in [0.4, 0.5) is 0 Å². The van der Waals surface area contributed by atoms with Crippen LogP contribution in [0.15, 0.2) is 48.7 Å². The van der Waals surface area contributed by atoms with Crippen molar-refractivity contribution in [3.8, 4) is 5.75 Å². The molecule has 0 spiro atoms. The lowest BCUT2D eigenvalue weighted by molar-refractivity contribution is -0.154. The summed E-state index contributed by atoms with van der Waals surface area (Å²) >= 11 is 0. The zero-order valence-electron chi connectivity index (χ0n) is 17.7. The van der Waals surface area contributed by atoms with Crippen LogP contribution in [-0.4, -0.2) is 34.4 Å². The summed E-state index contributed by atoms with van der Waals surface area (Å²) in [6.07, 6.45) is 1.83. The number of carbonyl (C=O) groups is 2. The van der Waals surface area contributed by atoms with Crippen molar-refractivity contribution in [3.05, 3.63) is 59.8 Å². The van der Waals surface area contributed by atoms with E-state index in [1.807, 2.05) is 57.2 Å². The minimum absolute atomic E-state index is 0.00870. The van der Waals surface area contributed by atoms with Crippen LogP contribution in [0, 0.1) is 0 Å². The molecule has 0 fully saturated rings. The van der Waals surface area contributed by atoms with Crippen LogP contribution >= 0.6 is 0 Å². The zero-order chi connectivity index (χ0) is 21.7. The van der Waals surface area contributed by atoms with Gasteiger partial charge in [0.15, 0.2) is 0 Å². The largest absolute Gasteiger partial charge is 0.496 e. The third-order valence-electron chi connectivity index (χ3n) is 4.24. The topological polar surface area (TPSA) is 79.7 Å². The minimum Gasteiger partial charge on any atom is -0.496 e. The van der Waals surface area contributed by atoms with E-state index in [1.165, 1.54) is 11.8 Å². The van der Waals surface area contributed by atoms with Crippen LogP contribution in [0.25, 0.3) is 10.9 Å². The molecular formula is C23H26N2O5. The number of esters is 2. The summed E-state index contributed by atoms with van der Waals surface area (Å²) in [6, 6.07) is 13.1. The molecule has 0 aliphatic heterocycles. The van der Waals surface area contributed by atoms with E-state index in [0.29, 0.717) is 16.8 Å². The quantitative estimate of drug-likeness (QED) is 0.553. The van der Waals surface area contributed by atoms with Crippen molar-refractivity contribution in [1.82, 2.24) is 9.78 Å². The van der Waals surface area contributed by atoms with E-state index < -0.39 is 5.60 Å². The molecule has 3 aromatic rings. The van der Waals surface area contributed by atoms with Crippen molar-refractivity contribution in [2.75, 3.05) is 7.11 Å².